The van der Waals surface area contributed by atoms with Gasteiger partial charge >= 0.3 is 12.4 Å². The number of amides is 1. The van der Waals surface area contributed by atoms with E-state index in [-0.39, 0.29) is 22.5 Å². The Balaban J connectivity index is 1.36. The summed E-state index contributed by atoms with van der Waals surface area (Å²) in [7, 11) is 0. The van der Waals surface area contributed by atoms with E-state index in [0.717, 1.165) is 36.2 Å². The van der Waals surface area contributed by atoms with Crippen molar-refractivity contribution in [2.45, 2.75) is 17.5 Å². The van der Waals surface area contributed by atoms with Crippen LogP contribution in [0.4, 0.5) is 32.0 Å². The number of aromatic nitrogens is 3. The van der Waals surface area contributed by atoms with Crippen LogP contribution in [-0.2, 0) is 17.1 Å². The Morgan fingerprint density at radius 3 is 2.27 bits per heavy atom. The molecule has 0 aliphatic carbocycles. The van der Waals surface area contributed by atoms with Crippen LogP contribution in [0, 0.1) is 0 Å². The van der Waals surface area contributed by atoms with Crippen LogP contribution in [-0.4, -0.2) is 57.3 Å². The van der Waals surface area contributed by atoms with E-state index in [4.69, 9.17) is 0 Å². The highest BCUT2D eigenvalue weighted by Crippen LogP contribution is 2.32. The molecule has 1 aromatic carbocycles. The molecule has 0 bridgehead atoms. The topological polar surface area (TPSA) is 53.7 Å². The van der Waals surface area contributed by atoms with Crippen LogP contribution in [0.5, 0.6) is 0 Å². The van der Waals surface area contributed by atoms with Crippen LogP contribution in [0.2, 0.25) is 0 Å². The van der Waals surface area contributed by atoms with Gasteiger partial charge in [0, 0.05) is 38.1 Å². The summed E-state index contributed by atoms with van der Waals surface area (Å²) in [6, 6.07) is 7.14. The lowest BCUT2D eigenvalue weighted by molar-refractivity contribution is -0.138. The zero-order valence-electron chi connectivity index (χ0n) is 16.9. The molecule has 0 N–H and O–H groups in total. The lowest BCUT2D eigenvalue weighted by atomic mass is 10.1. The summed E-state index contributed by atoms with van der Waals surface area (Å²) in [5.41, 5.74) is -0.924. The molecule has 1 saturated heterocycles. The molecule has 1 fully saturated rings. The molecule has 4 rings (SSSR count). The van der Waals surface area contributed by atoms with E-state index in [9.17, 15) is 31.1 Å². The van der Waals surface area contributed by atoms with E-state index >= 15 is 0 Å². The molecule has 0 saturated carbocycles. The summed E-state index contributed by atoms with van der Waals surface area (Å²) in [5, 5.41) is 7.83. The van der Waals surface area contributed by atoms with Gasteiger partial charge in [-0.25, -0.2) is 0 Å². The average Bonchev–Trinajstić information content (AvgIpc) is 3.19. The fraction of sp³-hybridized carbons (Fsp3) is 0.350. The Morgan fingerprint density at radius 1 is 0.909 bits per heavy atom. The summed E-state index contributed by atoms with van der Waals surface area (Å²) in [5.74, 6) is -0.298. The van der Waals surface area contributed by atoms with Gasteiger partial charge in [0.2, 0.25) is 5.91 Å². The lowest BCUT2D eigenvalue weighted by Gasteiger charge is -2.36. The number of pyridine rings is 1. The molecule has 3 aromatic rings. The van der Waals surface area contributed by atoms with Gasteiger partial charge in [0.1, 0.15) is 0 Å². The van der Waals surface area contributed by atoms with Gasteiger partial charge in [-0.3, -0.25) is 9.20 Å². The molecule has 0 radical (unpaired) electrons. The predicted octanol–water partition coefficient (Wildman–Crippen LogP) is 4.21. The van der Waals surface area contributed by atoms with Crippen LogP contribution in [0.1, 0.15) is 11.1 Å². The SMILES string of the molecule is O=C(CSc1nnc2ccc(C(F)(F)F)cn12)N1CCN(c2cccc(C(F)(F)F)c2)CC1. The number of nitrogens with zero attached hydrogens (tertiary/aromatic N) is 5. The van der Waals surface area contributed by atoms with Crippen LogP contribution in [0.15, 0.2) is 47.8 Å². The van der Waals surface area contributed by atoms with E-state index in [1.807, 2.05) is 0 Å². The Hall–Kier alpha value is -2.96. The molecule has 0 unspecified atom stereocenters. The van der Waals surface area contributed by atoms with Crippen molar-refractivity contribution in [3.63, 3.8) is 0 Å². The van der Waals surface area contributed by atoms with Crippen molar-refractivity contribution in [1.82, 2.24) is 19.5 Å². The van der Waals surface area contributed by atoms with Crippen molar-refractivity contribution < 1.29 is 31.1 Å². The third-order valence-corrected chi connectivity index (χ3v) is 6.12. The number of benzene rings is 1. The number of thioether (sulfide) groups is 1. The molecule has 33 heavy (non-hydrogen) atoms. The first-order valence-corrected chi connectivity index (χ1v) is 10.8. The first-order chi connectivity index (χ1) is 15.5. The molecule has 1 aliphatic heterocycles. The molecule has 3 heterocycles. The van der Waals surface area contributed by atoms with E-state index in [1.54, 1.807) is 15.9 Å². The van der Waals surface area contributed by atoms with Crippen molar-refractivity contribution >= 4 is 29.0 Å². The van der Waals surface area contributed by atoms with Crippen molar-refractivity contribution in [3.8, 4) is 0 Å². The van der Waals surface area contributed by atoms with Gasteiger partial charge in [-0.05, 0) is 30.3 Å². The maximum absolute atomic E-state index is 13.0. The second-order valence-electron chi connectivity index (χ2n) is 7.33. The van der Waals surface area contributed by atoms with E-state index in [1.165, 1.54) is 16.5 Å². The summed E-state index contributed by atoms with van der Waals surface area (Å²) >= 11 is 0.972. The minimum atomic E-state index is -4.52. The highest BCUT2D eigenvalue weighted by Gasteiger charge is 2.32. The standard InChI is InChI=1S/C20H17F6N5OS/c21-19(22,23)13-2-1-3-15(10-13)29-6-8-30(9-7-29)17(32)12-33-18-28-27-16-5-4-14(11-31(16)18)20(24,25)26/h1-5,10-11H,6-9,12H2. The number of carbonyl (C=O) groups is 1. The molecule has 1 aliphatic rings. The predicted molar refractivity (Wildman–Crippen MR) is 109 cm³/mol. The number of piperazine rings is 1. The van der Waals surface area contributed by atoms with E-state index in [0.29, 0.717) is 31.9 Å². The zero-order valence-corrected chi connectivity index (χ0v) is 17.7. The van der Waals surface area contributed by atoms with Crippen LogP contribution < -0.4 is 4.90 Å². The molecule has 6 nitrogen and oxygen atoms in total. The third kappa shape index (κ3) is 5.18. The first kappa shape index (κ1) is 23.2. The fourth-order valence-electron chi connectivity index (χ4n) is 3.45. The molecular formula is C20H17F6N5OS. The molecule has 176 valence electrons. The Kier molecular flexibility index (Phi) is 6.16. The smallest absolute Gasteiger partial charge is 0.368 e. The van der Waals surface area contributed by atoms with Crippen molar-refractivity contribution in [2.75, 3.05) is 36.8 Å². The average molecular weight is 489 g/mol. The number of rotatable bonds is 4. The summed E-state index contributed by atoms with van der Waals surface area (Å²) in [6.45, 7) is 1.35. The first-order valence-electron chi connectivity index (χ1n) is 9.77. The summed E-state index contributed by atoms with van der Waals surface area (Å²) < 4.78 is 78.9. The minimum Gasteiger partial charge on any atom is -0.368 e. The molecular weight excluding hydrogens is 472 g/mol. The van der Waals surface area contributed by atoms with Crippen LogP contribution >= 0.6 is 11.8 Å². The highest BCUT2D eigenvalue weighted by atomic mass is 32.2. The molecule has 1 amide bonds. The summed E-state index contributed by atoms with van der Waals surface area (Å²) in [4.78, 5) is 15.9. The maximum Gasteiger partial charge on any atom is 0.417 e. The largest absolute Gasteiger partial charge is 0.417 e. The second kappa shape index (κ2) is 8.76. The van der Waals surface area contributed by atoms with Gasteiger partial charge in [0.25, 0.3) is 0 Å². The van der Waals surface area contributed by atoms with Crippen LogP contribution in [0.25, 0.3) is 5.65 Å². The number of carbonyl (C=O) groups excluding carboxylic acids is 1. The lowest BCUT2D eigenvalue weighted by Crippen LogP contribution is -2.49. The summed E-state index contributed by atoms with van der Waals surface area (Å²) in [6.07, 6.45) is -8.07. The third-order valence-electron chi connectivity index (χ3n) is 5.19. The van der Waals surface area contributed by atoms with E-state index in [2.05, 4.69) is 10.2 Å². The monoisotopic (exact) mass is 489 g/mol. The normalized spacial score (nSPS) is 15.3. The number of halogens is 6. The number of hydrogen-bond donors (Lipinski definition) is 0. The zero-order chi connectivity index (χ0) is 23.8. The van der Waals surface area contributed by atoms with Gasteiger partial charge in [-0.2, -0.15) is 26.3 Å². The number of fused-ring (bicyclic) bond motifs is 1. The van der Waals surface area contributed by atoms with Gasteiger partial charge < -0.3 is 9.80 Å². The van der Waals surface area contributed by atoms with Crippen LogP contribution in [0.3, 0.4) is 0 Å². The number of hydrogen-bond acceptors (Lipinski definition) is 5. The quantitative estimate of drug-likeness (QED) is 0.406. The Morgan fingerprint density at radius 2 is 1.61 bits per heavy atom. The van der Waals surface area contributed by atoms with Crippen molar-refractivity contribution in [3.05, 3.63) is 53.7 Å². The second-order valence-corrected chi connectivity index (χ2v) is 8.27. The van der Waals surface area contributed by atoms with E-state index < -0.39 is 23.5 Å². The Labute approximate surface area is 188 Å². The minimum absolute atomic E-state index is 0.0550. The van der Waals surface area contributed by atoms with Gasteiger partial charge in [0.15, 0.2) is 10.8 Å². The number of alkyl halides is 6. The Bertz CT molecular complexity index is 1150. The molecule has 0 atom stereocenters. The highest BCUT2D eigenvalue weighted by molar-refractivity contribution is 7.99. The van der Waals surface area contributed by atoms with Crippen molar-refractivity contribution in [1.29, 1.82) is 0 Å². The molecule has 13 heteroatoms. The van der Waals surface area contributed by atoms with Gasteiger partial charge in [-0.15, -0.1) is 10.2 Å². The number of anilines is 1. The van der Waals surface area contributed by atoms with Crippen molar-refractivity contribution in [2.24, 2.45) is 0 Å². The molecule has 2 aromatic heterocycles. The van der Waals surface area contributed by atoms with Gasteiger partial charge in [-0.1, -0.05) is 17.8 Å². The molecule has 0 spiro atoms. The maximum atomic E-state index is 13.0. The fourth-order valence-corrected chi connectivity index (χ4v) is 4.27. The van der Waals surface area contributed by atoms with Gasteiger partial charge in [0.05, 0.1) is 16.9 Å².